The second-order valence-electron chi connectivity index (χ2n) is 5.60. The highest BCUT2D eigenvalue weighted by atomic mass is 35.5. The SMILES string of the molecule is CCCC(NC(C)c1nc(-c2cccc(C(F)(F)F)c2)no1)C(=O)O.Cl. The summed E-state index contributed by atoms with van der Waals surface area (Å²) in [4.78, 5) is 15.3. The summed E-state index contributed by atoms with van der Waals surface area (Å²) in [5.74, 6) is -0.877. The zero-order valence-corrected chi connectivity index (χ0v) is 14.9. The van der Waals surface area contributed by atoms with Crippen LogP contribution in [0.15, 0.2) is 28.8 Å². The molecule has 0 saturated carbocycles. The first-order valence-corrected chi connectivity index (χ1v) is 7.72. The molecule has 0 bridgehead atoms. The number of nitrogens with zero attached hydrogens (tertiary/aromatic N) is 2. The van der Waals surface area contributed by atoms with Crippen molar-refractivity contribution in [3.63, 3.8) is 0 Å². The average molecular weight is 394 g/mol. The predicted molar refractivity (Wildman–Crippen MR) is 89.9 cm³/mol. The molecule has 0 aliphatic rings. The van der Waals surface area contributed by atoms with Gasteiger partial charge in [0, 0.05) is 5.56 Å². The topological polar surface area (TPSA) is 88.3 Å². The minimum Gasteiger partial charge on any atom is -0.480 e. The maximum Gasteiger partial charge on any atom is 0.416 e. The highest BCUT2D eigenvalue weighted by molar-refractivity contribution is 5.85. The molecule has 1 heterocycles. The molecule has 1 aromatic heterocycles. The van der Waals surface area contributed by atoms with Crippen LogP contribution < -0.4 is 5.32 Å². The van der Waals surface area contributed by atoms with E-state index < -0.39 is 29.8 Å². The first kappa shape index (κ1) is 21.9. The molecule has 0 aliphatic heterocycles. The van der Waals surface area contributed by atoms with Gasteiger partial charge in [0.25, 0.3) is 0 Å². The van der Waals surface area contributed by atoms with Gasteiger partial charge in [-0.3, -0.25) is 10.1 Å². The number of hydrogen-bond donors (Lipinski definition) is 2. The van der Waals surface area contributed by atoms with E-state index in [9.17, 15) is 18.0 Å². The van der Waals surface area contributed by atoms with Crippen LogP contribution in [-0.4, -0.2) is 27.3 Å². The molecule has 2 aromatic rings. The Balaban J connectivity index is 0.00000338. The molecule has 1 aromatic carbocycles. The van der Waals surface area contributed by atoms with Crippen LogP contribution >= 0.6 is 12.4 Å². The van der Waals surface area contributed by atoms with E-state index in [0.717, 1.165) is 12.1 Å². The van der Waals surface area contributed by atoms with Crippen molar-refractivity contribution in [2.45, 2.75) is 44.9 Å². The summed E-state index contributed by atoms with van der Waals surface area (Å²) in [7, 11) is 0. The normalized spacial score (nSPS) is 13.7. The minimum absolute atomic E-state index is 0. The van der Waals surface area contributed by atoms with Crippen LogP contribution in [0.5, 0.6) is 0 Å². The van der Waals surface area contributed by atoms with Crippen LogP contribution in [-0.2, 0) is 11.0 Å². The molecule has 2 rings (SSSR count). The van der Waals surface area contributed by atoms with E-state index in [1.54, 1.807) is 6.92 Å². The number of aliphatic carboxylic acids is 1. The molecule has 0 amide bonds. The Bertz CT molecular complexity index is 737. The van der Waals surface area contributed by atoms with Crippen LogP contribution in [0.4, 0.5) is 13.2 Å². The zero-order valence-electron chi connectivity index (χ0n) is 14.1. The number of nitrogens with one attached hydrogen (secondary N) is 1. The number of benzene rings is 1. The van der Waals surface area contributed by atoms with E-state index in [0.29, 0.717) is 12.8 Å². The molecule has 0 aliphatic carbocycles. The van der Waals surface area contributed by atoms with Gasteiger partial charge in [-0.15, -0.1) is 12.4 Å². The Morgan fingerprint density at radius 2 is 2.08 bits per heavy atom. The Labute approximate surface area is 154 Å². The molecule has 10 heteroatoms. The third-order valence-corrected chi connectivity index (χ3v) is 3.59. The van der Waals surface area contributed by atoms with E-state index >= 15 is 0 Å². The van der Waals surface area contributed by atoms with Gasteiger partial charge in [0.2, 0.25) is 11.7 Å². The van der Waals surface area contributed by atoms with E-state index in [1.165, 1.54) is 12.1 Å². The van der Waals surface area contributed by atoms with Crippen LogP contribution in [0.25, 0.3) is 11.4 Å². The summed E-state index contributed by atoms with van der Waals surface area (Å²) < 4.78 is 43.4. The lowest BCUT2D eigenvalue weighted by Crippen LogP contribution is -2.38. The number of alkyl halides is 3. The first-order chi connectivity index (χ1) is 11.7. The van der Waals surface area contributed by atoms with Gasteiger partial charge < -0.3 is 9.63 Å². The summed E-state index contributed by atoms with van der Waals surface area (Å²) in [5.41, 5.74) is -0.642. The molecule has 2 unspecified atom stereocenters. The van der Waals surface area contributed by atoms with Crippen LogP contribution in [0.1, 0.15) is 44.2 Å². The lowest BCUT2D eigenvalue weighted by Gasteiger charge is -2.16. The van der Waals surface area contributed by atoms with Crippen molar-refractivity contribution < 1.29 is 27.6 Å². The molecule has 2 atom stereocenters. The Hall–Kier alpha value is -2.13. The van der Waals surface area contributed by atoms with Gasteiger partial charge in [0.15, 0.2) is 0 Å². The number of carbonyl (C=O) groups is 1. The molecule has 26 heavy (non-hydrogen) atoms. The van der Waals surface area contributed by atoms with Gasteiger partial charge in [-0.25, -0.2) is 0 Å². The Morgan fingerprint density at radius 1 is 1.38 bits per heavy atom. The van der Waals surface area contributed by atoms with E-state index in [1.807, 2.05) is 6.92 Å². The van der Waals surface area contributed by atoms with E-state index in [2.05, 4.69) is 15.5 Å². The van der Waals surface area contributed by atoms with Crippen molar-refractivity contribution in [2.24, 2.45) is 0 Å². The highest BCUT2D eigenvalue weighted by Crippen LogP contribution is 2.31. The lowest BCUT2D eigenvalue weighted by molar-refractivity contribution is -0.140. The summed E-state index contributed by atoms with van der Waals surface area (Å²) >= 11 is 0. The Morgan fingerprint density at radius 3 is 2.65 bits per heavy atom. The maximum absolute atomic E-state index is 12.8. The van der Waals surface area contributed by atoms with Crippen molar-refractivity contribution in [1.29, 1.82) is 0 Å². The molecule has 144 valence electrons. The number of aromatic nitrogens is 2. The van der Waals surface area contributed by atoms with Crippen LogP contribution in [0.2, 0.25) is 0 Å². The van der Waals surface area contributed by atoms with Gasteiger partial charge in [0.1, 0.15) is 6.04 Å². The highest BCUT2D eigenvalue weighted by Gasteiger charge is 2.31. The zero-order chi connectivity index (χ0) is 18.6. The van der Waals surface area contributed by atoms with Gasteiger partial charge in [0.05, 0.1) is 11.6 Å². The van der Waals surface area contributed by atoms with Crippen LogP contribution in [0, 0.1) is 0 Å². The fourth-order valence-corrected chi connectivity index (χ4v) is 2.30. The van der Waals surface area contributed by atoms with Crippen molar-refractivity contribution in [2.75, 3.05) is 0 Å². The standard InChI is InChI=1S/C16H18F3N3O3.ClH/c1-3-5-12(15(23)24)20-9(2)14-21-13(22-25-14)10-6-4-7-11(8-10)16(17,18)19;/h4,6-9,12,20H,3,5H2,1-2H3,(H,23,24);1H. The molecule has 0 spiro atoms. The predicted octanol–water partition coefficient (Wildman–Crippen LogP) is 4.08. The van der Waals surface area contributed by atoms with Crippen molar-refractivity contribution in [1.82, 2.24) is 15.5 Å². The second-order valence-corrected chi connectivity index (χ2v) is 5.60. The molecule has 6 nitrogen and oxygen atoms in total. The third-order valence-electron chi connectivity index (χ3n) is 3.59. The molecule has 2 N–H and O–H groups in total. The van der Waals surface area contributed by atoms with E-state index in [4.69, 9.17) is 9.63 Å². The maximum atomic E-state index is 12.8. The largest absolute Gasteiger partial charge is 0.480 e. The summed E-state index contributed by atoms with van der Waals surface area (Å²) in [6.45, 7) is 3.51. The van der Waals surface area contributed by atoms with Gasteiger partial charge in [-0.1, -0.05) is 30.6 Å². The smallest absolute Gasteiger partial charge is 0.416 e. The number of rotatable bonds is 7. The van der Waals surface area contributed by atoms with Crippen molar-refractivity contribution in [3.05, 3.63) is 35.7 Å². The molecule has 0 fully saturated rings. The second kappa shape index (κ2) is 9.00. The van der Waals surface area contributed by atoms with Gasteiger partial charge in [-0.2, -0.15) is 18.2 Å². The summed E-state index contributed by atoms with van der Waals surface area (Å²) in [5, 5.41) is 15.7. The summed E-state index contributed by atoms with van der Waals surface area (Å²) in [6, 6.07) is 3.26. The molecule has 0 saturated heterocycles. The molecular formula is C16H19ClF3N3O3. The quantitative estimate of drug-likeness (QED) is 0.736. The van der Waals surface area contributed by atoms with Crippen molar-refractivity contribution >= 4 is 18.4 Å². The Kier molecular flexibility index (Phi) is 7.58. The number of carboxylic acid groups (broad SMARTS) is 1. The average Bonchev–Trinajstić information content (AvgIpc) is 3.03. The van der Waals surface area contributed by atoms with Crippen LogP contribution in [0.3, 0.4) is 0 Å². The van der Waals surface area contributed by atoms with Gasteiger partial charge in [-0.05, 0) is 25.5 Å². The number of carboxylic acids is 1. The van der Waals surface area contributed by atoms with Crippen molar-refractivity contribution in [3.8, 4) is 11.4 Å². The third kappa shape index (κ3) is 5.43. The molecular weight excluding hydrogens is 375 g/mol. The first-order valence-electron chi connectivity index (χ1n) is 7.72. The fourth-order valence-electron chi connectivity index (χ4n) is 2.30. The minimum atomic E-state index is -4.47. The van der Waals surface area contributed by atoms with E-state index in [-0.39, 0.29) is 29.7 Å². The summed E-state index contributed by atoms with van der Waals surface area (Å²) in [6.07, 6.45) is -3.36. The lowest BCUT2D eigenvalue weighted by atomic mass is 10.1. The monoisotopic (exact) mass is 393 g/mol. The fraction of sp³-hybridized carbons (Fsp3) is 0.438. The number of halogens is 4. The van der Waals surface area contributed by atoms with Gasteiger partial charge >= 0.3 is 12.1 Å². The number of hydrogen-bond acceptors (Lipinski definition) is 5. The molecule has 0 radical (unpaired) electrons.